The molecule has 1 aromatic carbocycles. The summed E-state index contributed by atoms with van der Waals surface area (Å²) in [6.45, 7) is 7.13. The molecule has 1 aromatic rings. The molecular formula is C23H34O4. The number of unbranched alkanes of at least 4 members (excludes halogenated alkanes) is 7. The summed E-state index contributed by atoms with van der Waals surface area (Å²) in [6.07, 6.45) is 12.8. The molecule has 1 aliphatic rings. The maximum absolute atomic E-state index is 11.2. The third-order valence-corrected chi connectivity index (χ3v) is 4.97. The highest BCUT2D eigenvalue weighted by atomic mass is 16.7. The number of carbonyl (C=O) groups excluding carboxylic acids is 1. The summed E-state index contributed by atoms with van der Waals surface area (Å²) in [5, 5.41) is 0. The molecule has 4 nitrogen and oxygen atoms in total. The van der Waals surface area contributed by atoms with Crippen LogP contribution in [-0.4, -0.2) is 19.2 Å². The van der Waals surface area contributed by atoms with Gasteiger partial charge in [-0.15, -0.1) is 0 Å². The van der Waals surface area contributed by atoms with Crippen LogP contribution in [0.1, 0.15) is 76.6 Å². The Bertz CT molecular complexity index is 544. The molecule has 2 rings (SSSR count). The molecule has 1 saturated heterocycles. The molecule has 0 bridgehead atoms. The molecule has 0 N–H and O–H groups in total. The van der Waals surface area contributed by atoms with Gasteiger partial charge in [0, 0.05) is 17.6 Å². The van der Waals surface area contributed by atoms with E-state index in [0.29, 0.717) is 11.7 Å². The van der Waals surface area contributed by atoms with Crippen LogP contribution in [0.5, 0.6) is 5.75 Å². The second-order valence-corrected chi connectivity index (χ2v) is 7.32. The molecule has 4 heteroatoms. The number of ether oxygens (including phenoxy) is 3. The molecule has 0 spiro atoms. The van der Waals surface area contributed by atoms with Crippen LogP contribution in [-0.2, 0) is 14.3 Å². The fourth-order valence-electron chi connectivity index (χ4n) is 3.32. The van der Waals surface area contributed by atoms with Crippen LogP contribution in [0.4, 0.5) is 0 Å². The minimum atomic E-state index is -0.461. The monoisotopic (exact) mass is 374 g/mol. The number of esters is 1. The highest BCUT2D eigenvalue weighted by molar-refractivity contribution is 5.83. The van der Waals surface area contributed by atoms with Gasteiger partial charge in [-0.2, -0.15) is 0 Å². The summed E-state index contributed by atoms with van der Waals surface area (Å²) < 4.78 is 16.9. The first-order valence-electron chi connectivity index (χ1n) is 10.4. The summed E-state index contributed by atoms with van der Waals surface area (Å²) in [7, 11) is 0. The predicted octanol–water partition coefficient (Wildman–Crippen LogP) is 5.97. The average Bonchev–Trinajstić information content (AvgIpc) is 2.71. The lowest BCUT2D eigenvalue weighted by Gasteiger charge is -2.29. The topological polar surface area (TPSA) is 44.8 Å². The van der Waals surface area contributed by atoms with Gasteiger partial charge in [0.25, 0.3) is 0 Å². The fraction of sp³-hybridized carbons (Fsp3) is 0.609. The van der Waals surface area contributed by atoms with Gasteiger partial charge in [0.15, 0.2) is 6.29 Å². The lowest BCUT2D eigenvalue weighted by Crippen LogP contribution is -2.27. The van der Waals surface area contributed by atoms with Crippen molar-refractivity contribution in [1.82, 2.24) is 0 Å². The van der Waals surface area contributed by atoms with Gasteiger partial charge >= 0.3 is 5.97 Å². The van der Waals surface area contributed by atoms with Gasteiger partial charge in [0.2, 0.25) is 0 Å². The molecule has 150 valence electrons. The Morgan fingerprint density at radius 1 is 1.04 bits per heavy atom. The van der Waals surface area contributed by atoms with Crippen LogP contribution in [0.3, 0.4) is 0 Å². The number of hydrogen-bond donors (Lipinski definition) is 0. The third-order valence-electron chi connectivity index (χ3n) is 4.97. The first-order chi connectivity index (χ1) is 13.2. The molecule has 1 aliphatic heterocycles. The van der Waals surface area contributed by atoms with Crippen LogP contribution in [0.25, 0.3) is 0 Å². The normalized spacial score (nSPS) is 19.6. The maximum atomic E-state index is 11.2. The van der Waals surface area contributed by atoms with Gasteiger partial charge in [-0.1, -0.05) is 77.0 Å². The van der Waals surface area contributed by atoms with Crippen LogP contribution < -0.4 is 4.74 Å². The van der Waals surface area contributed by atoms with Crippen LogP contribution >= 0.6 is 0 Å². The van der Waals surface area contributed by atoms with E-state index < -0.39 is 5.97 Å². The van der Waals surface area contributed by atoms with Crippen molar-refractivity contribution in [3.05, 3.63) is 42.5 Å². The molecule has 27 heavy (non-hydrogen) atoms. The summed E-state index contributed by atoms with van der Waals surface area (Å²) >= 11 is 0. The summed E-state index contributed by atoms with van der Waals surface area (Å²) in [4.78, 5) is 11.2. The van der Waals surface area contributed by atoms with Crippen molar-refractivity contribution in [2.75, 3.05) is 13.2 Å². The van der Waals surface area contributed by atoms with Gasteiger partial charge in [0.05, 0.1) is 13.2 Å². The molecular weight excluding hydrogens is 340 g/mol. The maximum Gasteiger partial charge on any atom is 0.335 e. The van der Waals surface area contributed by atoms with Crippen molar-refractivity contribution in [2.45, 2.75) is 71.0 Å². The SMILES string of the molecule is C=CC(=O)Oc1ccc(C2OCC(CCCCCCCCCC)CO2)cc1. The van der Waals surface area contributed by atoms with Crippen molar-refractivity contribution in [1.29, 1.82) is 0 Å². The standard InChI is InChI=1S/C23H34O4/c1-3-5-6-7-8-9-10-11-12-19-17-25-23(26-18-19)20-13-15-21(16-14-20)27-22(24)4-2/h4,13-16,19,23H,2-3,5-12,17-18H2,1H3. The molecule has 0 amide bonds. The lowest BCUT2D eigenvalue weighted by atomic mass is 10.0. The zero-order valence-electron chi connectivity index (χ0n) is 16.7. The van der Waals surface area contributed by atoms with E-state index in [1.807, 2.05) is 12.1 Å². The third kappa shape index (κ3) is 8.27. The highest BCUT2D eigenvalue weighted by Gasteiger charge is 2.23. The van der Waals surface area contributed by atoms with Gasteiger partial charge in [0.1, 0.15) is 5.75 Å². The van der Waals surface area contributed by atoms with Gasteiger partial charge in [-0.05, 0) is 18.6 Å². The second kappa shape index (κ2) is 12.7. The average molecular weight is 375 g/mol. The fourth-order valence-corrected chi connectivity index (χ4v) is 3.32. The zero-order chi connectivity index (χ0) is 19.3. The first kappa shape index (κ1) is 21.6. The quantitative estimate of drug-likeness (QED) is 0.196. The van der Waals surface area contributed by atoms with E-state index in [-0.39, 0.29) is 6.29 Å². The van der Waals surface area contributed by atoms with Gasteiger partial charge < -0.3 is 14.2 Å². The van der Waals surface area contributed by atoms with E-state index in [9.17, 15) is 4.79 Å². The smallest absolute Gasteiger partial charge is 0.335 e. The molecule has 0 radical (unpaired) electrons. The Hall–Kier alpha value is -1.65. The van der Waals surface area contributed by atoms with Crippen LogP contribution in [0.15, 0.2) is 36.9 Å². The van der Waals surface area contributed by atoms with Gasteiger partial charge in [-0.3, -0.25) is 0 Å². The number of carbonyl (C=O) groups is 1. The Kier molecular flexibility index (Phi) is 10.2. The van der Waals surface area contributed by atoms with Crippen LogP contribution in [0.2, 0.25) is 0 Å². The van der Waals surface area contributed by atoms with Crippen LogP contribution in [0, 0.1) is 5.92 Å². The summed E-state index contributed by atoms with van der Waals surface area (Å²) in [5.41, 5.74) is 0.943. The summed E-state index contributed by atoms with van der Waals surface area (Å²) in [6, 6.07) is 7.23. The van der Waals surface area contributed by atoms with Gasteiger partial charge in [-0.25, -0.2) is 4.79 Å². The molecule has 0 aromatic heterocycles. The first-order valence-corrected chi connectivity index (χ1v) is 10.4. The zero-order valence-corrected chi connectivity index (χ0v) is 16.7. The molecule has 1 heterocycles. The van der Waals surface area contributed by atoms with E-state index in [2.05, 4.69) is 13.5 Å². The van der Waals surface area contributed by atoms with Crippen molar-refractivity contribution in [3.8, 4) is 5.75 Å². The summed E-state index contributed by atoms with van der Waals surface area (Å²) in [5.74, 6) is 0.526. The largest absolute Gasteiger partial charge is 0.423 e. The minimum absolute atomic E-state index is 0.330. The van der Waals surface area contributed by atoms with E-state index >= 15 is 0 Å². The van der Waals surface area contributed by atoms with Crippen molar-refractivity contribution >= 4 is 5.97 Å². The predicted molar refractivity (Wildman–Crippen MR) is 108 cm³/mol. The Balaban J connectivity index is 1.59. The van der Waals surface area contributed by atoms with E-state index in [4.69, 9.17) is 14.2 Å². The number of benzene rings is 1. The Morgan fingerprint density at radius 2 is 1.63 bits per heavy atom. The van der Waals surface area contributed by atoms with Crippen molar-refractivity contribution in [2.24, 2.45) is 5.92 Å². The molecule has 0 saturated carbocycles. The highest BCUT2D eigenvalue weighted by Crippen LogP contribution is 2.28. The van der Waals surface area contributed by atoms with E-state index in [1.165, 1.54) is 57.8 Å². The molecule has 1 fully saturated rings. The number of hydrogen-bond acceptors (Lipinski definition) is 4. The second-order valence-electron chi connectivity index (χ2n) is 7.32. The Labute approximate surface area is 163 Å². The minimum Gasteiger partial charge on any atom is -0.423 e. The molecule has 0 atom stereocenters. The number of rotatable bonds is 12. The van der Waals surface area contributed by atoms with E-state index in [0.717, 1.165) is 24.9 Å². The van der Waals surface area contributed by atoms with Crippen molar-refractivity contribution < 1.29 is 19.0 Å². The van der Waals surface area contributed by atoms with Crippen molar-refractivity contribution in [3.63, 3.8) is 0 Å². The lowest BCUT2D eigenvalue weighted by molar-refractivity contribution is -0.206. The van der Waals surface area contributed by atoms with E-state index in [1.54, 1.807) is 12.1 Å². The molecule has 0 aliphatic carbocycles. The molecule has 0 unspecified atom stereocenters. The Morgan fingerprint density at radius 3 is 2.22 bits per heavy atom.